The van der Waals surface area contributed by atoms with Crippen molar-refractivity contribution in [2.45, 2.75) is 19.3 Å². The van der Waals surface area contributed by atoms with Crippen LogP contribution in [0.5, 0.6) is 0 Å². The number of hydrogen-bond donors (Lipinski definition) is 0. The van der Waals surface area contributed by atoms with Gasteiger partial charge in [-0.05, 0) is 52.2 Å². The lowest BCUT2D eigenvalue weighted by Crippen LogP contribution is -2.50. The zero-order valence-corrected chi connectivity index (χ0v) is 22.6. The number of methoxy groups -OCH3 is 1. The number of Topliss-reactive ketones (excluding diaryl/α,β-unsaturated/α-hetero) is 1. The van der Waals surface area contributed by atoms with Gasteiger partial charge in [-0.15, -0.1) is 0 Å². The number of ketones is 1. The number of nitrogens with zero attached hydrogens (tertiary/aromatic N) is 2. The van der Waals surface area contributed by atoms with Gasteiger partial charge in [-0.25, -0.2) is 9.80 Å². The van der Waals surface area contributed by atoms with Gasteiger partial charge in [0.2, 0.25) is 0 Å². The molecule has 0 saturated carbocycles. The third-order valence-corrected chi connectivity index (χ3v) is 7.69. The van der Waals surface area contributed by atoms with Crippen LogP contribution in [0, 0.1) is 11.8 Å². The number of carbonyl (C=O) groups is 3. The number of thiophene rings is 1. The van der Waals surface area contributed by atoms with Gasteiger partial charge in [-0.2, -0.15) is 11.3 Å². The molecule has 3 rings (SSSR count). The fraction of sp³-hybridized carbons (Fsp3) is 0.296. The van der Waals surface area contributed by atoms with E-state index in [0.717, 1.165) is 33.4 Å². The summed E-state index contributed by atoms with van der Waals surface area (Å²) in [4.78, 5) is 37.7. The number of carbonyl (C=O) groups excluding carboxylic acids is 3. The van der Waals surface area contributed by atoms with E-state index in [9.17, 15) is 14.4 Å². The topological polar surface area (TPSA) is 66.9 Å². The van der Waals surface area contributed by atoms with Crippen LogP contribution in [0.1, 0.15) is 29.5 Å². The van der Waals surface area contributed by atoms with Crippen LogP contribution in [0.4, 0.5) is 9.59 Å². The van der Waals surface area contributed by atoms with E-state index in [0.29, 0.717) is 44.6 Å². The maximum absolute atomic E-state index is 12.8. The number of ether oxygens (including phenoxy) is 1. The molecule has 1 aromatic heterocycles. The van der Waals surface area contributed by atoms with E-state index < -0.39 is 5.30 Å². The van der Waals surface area contributed by atoms with Crippen LogP contribution < -0.4 is 0 Å². The van der Waals surface area contributed by atoms with E-state index in [1.807, 2.05) is 46.1 Å². The van der Waals surface area contributed by atoms with Crippen LogP contribution in [-0.2, 0) is 16.0 Å². The van der Waals surface area contributed by atoms with Gasteiger partial charge >= 0.3 is 5.30 Å². The van der Waals surface area contributed by atoms with Gasteiger partial charge in [0.05, 0.1) is 7.11 Å². The van der Waals surface area contributed by atoms with Crippen LogP contribution in [0.15, 0.2) is 64.7 Å². The largest absolute Gasteiger partial charge is 0.461 e. The van der Waals surface area contributed by atoms with Gasteiger partial charge < -0.3 is 4.74 Å². The molecule has 0 N–H and O–H groups in total. The minimum absolute atomic E-state index is 0.0494. The summed E-state index contributed by atoms with van der Waals surface area (Å²) in [6.07, 6.45) is 4.51. The summed E-state index contributed by atoms with van der Waals surface area (Å²) in [7, 11) is 1.33. The lowest BCUT2D eigenvalue weighted by atomic mass is 10.0. The molecule has 0 atom stereocenters. The molecule has 0 bridgehead atoms. The molecule has 1 aliphatic rings. The lowest BCUT2D eigenvalue weighted by molar-refractivity contribution is -0.119. The van der Waals surface area contributed by atoms with Crippen molar-refractivity contribution in [2.24, 2.45) is 0 Å². The standard InChI is InChI=1S/C27H28N2O4S3/c1-3-5-25(36-27(32)33-2)11-14-29-26(31)35-17-15-28(29)13-10-24(30)19-23-7-4-6-21(18-23)8-9-22-12-16-34-20-22/h3-7,12,16,18,20H,1,10-11,13-15,17,19H2,2H3/b25-5-. The highest BCUT2D eigenvalue weighted by Crippen LogP contribution is 2.25. The third kappa shape index (κ3) is 9.03. The zero-order chi connectivity index (χ0) is 25.8. The van der Waals surface area contributed by atoms with Crippen molar-refractivity contribution in [3.63, 3.8) is 0 Å². The molecule has 2 aromatic rings. The van der Waals surface area contributed by atoms with Gasteiger partial charge in [0, 0.05) is 54.7 Å². The summed E-state index contributed by atoms with van der Waals surface area (Å²) in [6.45, 7) is 5.25. The highest BCUT2D eigenvalue weighted by Gasteiger charge is 2.27. The molecule has 0 unspecified atom stereocenters. The van der Waals surface area contributed by atoms with E-state index in [-0.39, 0.29) is 11.0 Å². The predicted molar refractivity (Wildman–Crippen MR) is 149 cm³/mol. The molecule has 0 radical (unpaired) electrons. The van der Waals surface area contributed by atoms with Gasteiger partial charge in [0.1, 0.15) is 5.78 Å². The number of amides is 1. The first-order chi connectivity index (χ1) is 17.5. The highest BCUT2D eigenvalue weighted by atomic mass is 32.2. The van der Waals surface area contributed by atoms with E-state index >= 15 is 0 Å². The molecule has 2 heterocycles. The summed E-state index contributed by atoms with van der Waals surface area (Å²) in [5.74, 6) is 7.07. The number of allylic oxidation sites excluding steroid dienone is 2. The molecule has 0 aliphatic carbocycles. The first-order valence-corrected chi connectivity index (χ1v) is 14.1. The summed E-state index contributed by atoms with van der Waals surface area (Å²) >= 11 is 3.86. The Balaban J connectivity index is 1.55. The van der Waals surface area contributed by atoms with Crippen molar-refractivity contribution in [1.29, 1.82) is 0 Å². The summed E-state index contributed by atoms with van der Waals surface area (Å²) < 4.78 is 4.72. The number of benzene rings is 1. The second-order valence-electron chi connectivity index (χ2n) is 7.79. The number of hydrogen-bond acceptors (Lipinski definition) is 8. The second-order valence-corrected chi connectivity index (χ2v) is 10.7. The van der Waals surface area contributed by atoms with E-state index in [1.165, 1.54) is 18.9 Å². The minimum Gasteiger partial charge on any atom is -0.461 e. The molecule has 9 heteroatoms. The van der Waals surface area contributed by atoms with Gasteiger partial charge in [0.15, 0.2) is 0 Å². The van der Waals surface area contributed by atoms with Crippen LogP contribution in [0.3, 0.4) is 0 Å². The van der Waals surface area contributed by atoms with Crippen LogP contribution in [-0.4, -0.2) is 58.8 Å². The first-order valence-electron chi connectivity index (χ1n) is 11.4. The van der Waals surface area contributed by atoms with Crippen molar-refractivity contribution in [2.75, 3.05) is 32.5 Å². The van der Waals surface area contributed by atoms with E-state index in [4.69, 9.17) is 4.74 Å². The predicted octanol–water partition coefficient (Wildman–Crippen LogP) is 6.00. The summed E-state index contributed by atoms with van der Waals surface area (Å²) in [5.41, 5.74) is 2.79. The molecule has 36 heavy (non-hydrogen) atoms. The van der Waals surface area contributed by atoms with Crippen molar-refractivity contribution in [3.05, 3.63) is 81.4 Å². The Morgan fingerprint density at radius 3 is 2.78 bits per heavy atom. The average molecular weight is 541 g/mol. The number of rotatable bonds is 10. The van der Waals surface area contributed by atoms with Gasteiger partial charge in [-0.1, -0.05) is 54.5 Å². The zero-order valence-electron chi connectivity index (χ0n) is 20.1. The Hall–Kier alpha value is -2.77. The molecule has 1 aromatic carbocycles. The Morgan fingerprint density at radius 2 is 2.03 bits per heavy atom. The summed E-state index contributed by atoms with van der Waals surface area (Å²) in [6, 6.07) is 9.73. The van der Waals surface area contributed by atoms with Gasteiger partial charge in [0.25, 0.3) is 5.24 Å². The second kappa shape index (κ2) is 14.7. The minimum atomic E-state index is -0.411. The quantitative estimate of drug-likeness (QED) is 0.208. The fourth-order valence-electron chi connectivity index (χ4n) is 3.49. The first kappa shape index (κ1) is 27.8. The third-order valence-electron chi connectivity index (χ3n) is 5.23. The average Bonchev–Trinajstić information content (AvgIpc) is 3.39. The van der Waals surface area contributed by atoms with Gasteiger partial charge in [-0.3, -0.25) is 14.6 Å². The molecular weight excluding hydrogens is 513 g/mol. The van der Waals surface area contributed by atoms with Crippen molar-refractivity contribution >= 4 is 51.2 Å². The molecule has 1 amide bonds. The Kier molecular flexibility index (Phi) is 11.4. The molecule has 1 fully saturated rings. The van der Waals surface area contributed by atoms with Crippen LogP contribution in [0.2, 0.25) is 0 Å². The van der Waals surface area contributed by atoms with E-state index in [1.54, 1.807) is 28.5 Å². The fourth-order valence-corrected chi connectivity index (χ4v) is 5.56. The Morgan fingerprint density at radius 1 is 1.19 bits per heavy atom. The molecular formula is C27H28N2O4S3. The Bertz CT molecular complexity index is 1170. The smallest absolute Gasteiger partial charge is 0.371 e. The number of hydrazine groups is 1. The van der Waals surface area contributed by atoms with Crippen LogP contribution >= 0.6 is 34.9 Å². The lowest BCUT2D eigenvalue weighted by Gasteiger charge is -2.38. The number of thioether (sulfide) groups is 2. The maximum atomic E-state index is 12.8. The molecule has 1 saturated heterocycles. The normalized spacial score (nSPS) is 14.2. The SMILES string of the molecule is C=C/C=C(/CCN1C(=O)SCCN1CCC(=O)Cc1cccc(C#Cc2ccsc2)c1)SC(=O)OC. The van der Waals surface area contributed by atoms with E-state index in [2.05, 4.69) is 18.4 Å². The van der Waals surface area contributed by atoms with Crippen molar-refractivity contribution in [1.82, 2.24) is 10.0 Å². The highest BCUT2D eigenvalue weighted by molar-refractivity contribution is 8.16. The van der Waals surface area contributed by atoms with Crippen LogP contribution in [0.25, 0.3) is 0 Å². The Labute approximate surface area is 224 Å². The van der Waals surface area contributed by atoms with Crippen molar-refractivity contribution in [3.8, 4) is 11.8 Å². The molecule has 0 spiro atoms. The molecule has 6 nitrogen and oxygen atoms in total. The molecule has 1 aliphatic heterocycles. The maximum Gasteiger partial charge on any atom is 0.371 e. The monoisotopic (exact) mass is 540 g/mol. The molecule has 188 valence electrons. The summed E-state index contributed by atoms with van der Waals surface area (Å²) in [5, 5.41) is 7.15. The van der Waals surface area contributed by atoms with Crippen molar-refractivity contribution < 1.29 is 19.1 Å².